The SMILES string of the molecule is CCc1cc2c(NCC3(OC)CCC3)nc(NN)nc2s1. The van der Waals surface area contributed by atoms with Crippen molar-refractivity contribution in [2.45, 2.75) is 38.2 Å². The molecule has 21 heavy (non-hydrogen) atoms. The predicted octanol–water partition coefficient (Wildman–Crippen LogP) is 2.52. The Balaban J connectivity index is 1.90. The topological polar surface area (TPSA) is 85.1 Å². The van der Waals surface area contributed by atoms with Gasteiger partial charge >= 0.3 is 0 Å². The number of methoxy groups -OCH3 is 1. The van der Waals surface area contributed by atoms with Crippen molar-refractivity contribution in [3.63, 3.8) is 0 Å². The minimum Gasteiger partial charge on any atom is -0.376 e. The summed E-state index contributed by atoms with van der Waals surface area (Å²) < 4.78 is 5.65. The molecule has 2 heterocycles. The minimum atomic E-state index is -0.0445. The molecule has 0 spiro atoms. The summed E-state index contributed by atoms with van der Waals surface area (Å²) in [6.45, 7) is 2.90. The highest BCUT2D eigenvalue weighted by atomic mass is 32.1. The molecule has 0 saturated heterocycles. The fraction of sp³-hybridized carbons (Fsp3) is 0.571. The highest BCUT2D eigenvalue weighted by molar-refractivity contribution is 7.18. The molecule has 7 heteroatoms. The number of nitrogen functional groups attached to an aromatic ring is 1. The van der Waals surface area contributed by atoms with E-state index in [0.717, 1.165) is 41.8 Å². The van der Waals surface area contributed by atoms with E-state index in [-0.39, 0.29) is 5.60 Å². The van der Waals surface area contributed by atoms with Gasteiger partial charge in [-0.3, -0.25) is 5.43 Å². The van der Waals surface area contributed by atoms with Crippen molar-refractivity contribution in [3.8, 4) is 0 Å². The summed E-state index contributed by atoms with van der Waals surface area (Å²) in [5.74, 6) is 6.74. The summed E-state index contributed by atoms with van der Waals surface area (Å²) in [7, 11) is 1.78. The Bertz CT molecular complexity index is 632. The highest BCUT2D eigenvalue weighted by Gasteiger charge is 2.37. The molecule has 0 radical (unpaired) electrons. The third-order valence-corrected chi connectivity index (χ3v) is 5.37. The van der Waals surface area contributed by atoms with Gasteiger partial charge in [-0.05, 0) is 31.7 Å². The first kappa shape index (κ1) is 14.5. The molecule has 0 atom stereocenters. The van der Waals surface area contributed by atoms with E-state index >= 15 is 0 Å². The molecular weight excluding hydrogens is 286 g/mol. The molecule has 2 aromatic rings. The number of nitrogens with one attached hydrogen (secondary N) is 2. The maximum absolute atomic E-state index is 5.65. The second-order valence-electron chi connectivity index (χ2n) is 5.42. The van der Waals surface area contributed by atoms with Gasteiger partial charge in [0.05, 0.1) is 11.0 Å². The summed E-state index contributed by atoms with van der Waals surface area (Å²) in [6, 6.07) is 2.16. The fourth-order valence-electron chi connectivity index (χ4n) is 2.61. The molecule has 0 aliphatic heterocycles. The molecule has 1 aliphatic rings. The third kappa shape index (κ3) is 2.68. The van der Waals surface area contributed by atoms with Gasteiger partial charge in [-0.1, -0.05) is 6.92 Å². The monoisotopic (exact) mass is 307 g/mol. The van der Waals surface area contributed by atoms with Crippen molar-refractivity contribution < 1.29 is 4.74 Å². The van der Waals surface area contributed by atoms with Crippen LogP contribution in [0.25, 0.3) is 10.2 Å². The van der Waals surface area contributed by atoms with Gasteiger partial charge in [0.2, 0.25) is 5.95 Å². The molecular formula is C14H21N5OS. The van der Waals surface area contributed by atoms with Crippen LogP contribution in [0.3, 0.4) is 0 Å². The lowest BCUT2D eigenvalue weighted by Gasteiger charge is -2.40. The largest absolute Gasteiger partial charge is 0.376 e. The van der Waals surface area contributed by atoms with Crippen LogP contribution in [0.15, 0.2) is 6.07 Å². The Morgan fingerprint density at radius 2 is 2.24 bits per heavy atom. The summed E-state index contributed by atoms with van der Waals surface area (Å²) >= 11 is 1.68. The Morgan fingerprint density at radius 1 is 1.43 bits per heavy atom. The lowest BCUT2D eigenvalue weighted by molar-refractivity contribution is -0.0601. The van der Waals surface area contributed by atoms with Crippen molar-refractivity contribution in [2.75, 3.05) is 24.4 Å². The van der Waals surface area contributed by atoms with Crippen LogP contribution in [-0.2, 0) is 11.2 Å². The van der Waals surface area contributed by atoms with Gasteiger partial charge in [0.1, 0.15) is 10.6 Å². The molecule has 3 rings (SSSR count). The molecule has 1 fully saturated rings. The fourth-order valence-corrected chi connectivity index (χ4v) is 3.58. The van der Waals surface area contributed by atoms with Crippen LogP contribution in [0.2, 0.25) is 0 Å². The summed E-state index contributed by atoms with van der Waals surface area (Å²) in [5, 5.41) is 4.49. The number of ether oxygens (including phenoxy) is 1. The van der Waals surface area contributed by atoms with Crippen molar-refractivity contribution in [2.24, 2.45) is 5.84 Å². The quantitative estimate of drug-likeness (QED) is 0.562. The number of aromatic nitrogens is 2. The standard InChI is InChI=1S/C14H21N5OS/c1-3-9-7-10-11(16-8-14(20-2)5-4-6-14)17-13(19-15)18-12(10)21-9/h7H,3-6,8,15H2,1-2H3,(H2,16,17,18,19). The van der Waals surface area contributed by atoms with Gasteiger partial charge in [0.25, 0.3) is 0 Å². The Kier molecular flexibility index (Phi) is 3.97. The molecule has 1 aliphatic carbocycles. The molecule has 6 nitrogen and oxygen atoms in total. The van der Waals surface area contributed by atoms with Crippen molar-refractivity contribution in [3.05, 3.63) is 10.9 Å². The zero-order chi connectivity index (χ0) is 14.9. The zero-order valence-corrected chi connectivity index (χ0v) is 13.2. The van der Waals surface area contributed by atoms with Crippen molar-refractivity contribution in [1.29, 1.82) is 0 Å². The van der Waals surface area contributed by atoms with Crippen LogP contribution in [0.5, 0.6) is 0 Å². The lowest BCUT2D eigenvalue weighted by Crippen LogP contribution is -2.45. The van der Waals surface area contributed by atoms with E-state index in [0.29, 0.717) is 5.95 Å². The molecule has 0 unspecified atom stereocenters. The number of hydrogen-bond acceptors (Lipinski definition) is 7. The van der Waals surface area contributed by atoms with E-state index in [1.807, 2.05) is 0 Å². The van der Waals surface area contributed by atoms with Gasteiger partial charge in [0.15, 0.2) is 0 Å². The lowest BCUT2D eigenvalue weighted by atomic mass is 9.80. The van der Waals surface area contributed by atoms with E-state index in [4.69, 9.17) is 10.6 Å². The molecule has 114 valence electrons. The van der Waals surface area contributed by atoms with Crippen LogP contribution < -0.4 is 16.6 Å². The van der Waals surface area contributed by atoms with Crippen molar-refractivity contribution in [1.82, 2.24) is 9.97 Å². The van der Waals surface area contributed by atoms with E-state index in [1.165, 1.54) is 11.3 Å². The molecule has 1 saturated carbocycles. The van der Waals surface area contributed by atoms with E-state index in [2.05, 4.69) is 33.7 Å². The maximum atomic E-state index is 5.65. The summed E-state index contributed by atoms with van der Waals surface area (Å²) in [4.78, 5) is 11.1. The Labute approximate surface area is 128 Å². The first-order valence-electron chi connectivity index (χ1n) is 7.26. The number of aryl methyl sites for hydroxylation is 1. The van der Waals surface area contributed by atoms with E-state index in [1.54, 1.807) is 18.4 Å². The number of thiophene rings is 1. The van der Waals surface area contributed by atoms with Crippen LogP contribution in [0.1, 0.15) is 31.1 Å². The Morgan fingerprint density at radius 3 is 2.81 bits per heavy atom. The maximum Gasteiger partial charge on any atom is 0.240 e. The minimum absolute atomic E-state index is 0.0445. The number of nitrogens with zero attached hydrogens (tertiary/aromatic N) is 2. The molecule has 0 bridgehead atoms. The van der Waals surface area contributed by atoms with Crippen LogP contribution in [-0.4, -0.2) is 29.2 Å². The van der Waals surface area contributed by atoms with Gasteiger partial charge in [-0.2, -0.15) is 4.98 Å². The number of anilines is 2. The average Bonchev–Trinajstić information content (AvgIpc) is 2.89. The van der Waals surface area contributed by atoms with E-state index < -0.39 is 0 Å². The second-order valence-corrected chi connectivity index (χ2v) is 6.53. The highest BCUT2D eigenvalue weighted by Crippen LogP contribution is 2.36. The average molecular weight is 307 g/mol. The van der Waals surface area contributed by atoms with Crippen molar-refractivity contribution >= 4 is 33.3 Å². The van der Waals surface area contributed by atoms with Crippen LogP contribution >= 0.6 is 11.3 Å². The Hall–Kier alpha value is -1.44. The van der Waals surface area contributed by atoms with Gasteiger partial charge in [-0.25, -0.2) is 10.8 Å². The predicted molar refractivity (Wildman–Crippen MR) is 86.7 cm³/mol. The number of nitrogens with two attached hydrogens (primary N) is 1. The molecule has 2 aromatic heterocycles. The normalized spacial score (nSPS) is 16.7. The molecule has 0 amide bonds. The van der Waals surface area contributed by atoms with Crippen LogP contribution in [0, 0.1) is 0 Å². The first-order chi connectivity index (χ1) is 10.2. The molecule has 0 aromatic carbocycles. The number of fused-ring (bicyclic) bond motifs is 1. The number of hydrogen-bond donors (Lipinski definition) is 3. The second kappa shape index (κ2) is 5.75. The smallest absolute Gasteiger partial charge is 0.240 e. The number of rotatable bonds is 6. The van der Waals surface area contributed by atoms with Gasteiger partial charge < -0.3 is 10.1 Å². The summed E-state index contributed by atoms with van der Waals surface area (Å²) in [5.41, 5.74) is 2.49. The third-order valence-electron chi connectivity index (χ3n) is 4.20. The number of hydrazine groups is 1. The zero-order valence-electron chi connectivity index (χ0n) is 12.4. The molecule has 4 N–H and O–H groups in total. The van der Waals surface area contributed by atoms with Gasteiger partial charge in [-0.15, -0.1) is 11.3 Å². The van der Waals surface area contributed by atoms with Crippen LogP contribution in [0.4, 0.5) is 11.8 Å². The first-order valence-corrected chi connectivity index (χ1v) is 8.07. The van der Waals surface area contributed by atoms with E-state index in [9.17, 15) is 0 Å². The summed E-state index contributed by atoms with van der Waals surface area (Å²) in [6.07, 6.45) is 4.41. The van der Waals surface area contributed by atoms with Gasteiger partial charge in [0, 0.05) is 18.5 Å².